The molecule has 0 N–H and O–H groups in total. The molecule has 0 radical (unpaired) electrons. The molecule has 1 amide bonds. The molecular weight excluding hydrogens is 310 g/mol. The Balaban J connectivity index is 1.82. The molecule has 0 aromatic heterocycles. The number of morpholine rings is 1. The Morgan fingerprint density at radius 3 is 2.79 bits per heavy atom. The van der Waals surface area contributed by atoms with E-state index in [0.717, 1.165) is 50.8 Å². The normalized spacial score (nSPS) is 27.7. The van der Waals surface area contributed by atoms with Crippen LogP contribution in [0.5, 0.6) is 0 Å². The number of carbonyl (C=O) groups is 1. The number of amides is 1. The summed E-state index contributed by atoms with van der Waals surface area (Å²) in [6, 6.07) is 0.261. The minimum absolute atomic E-state index is 0.261. The highest BCUT2D eigenvalue weighted by molar-refractivity contribution is 9.09. The highest BCUT2D eigenvalue weighted by atomic mass is 79.9. The lowest BCUT2D eigenvalue weighted by Gasteiger charge is -2.37. The largest absolute Gasteiger partial charge is 0.381 e. The van der Waals surface area contributed by atoms with Crippen LogP contribution in [-0.4, -0.2) is 55.2 Å². The van der Waals surface area contributed by atoms with Crippen molar-refractivity contribution in [1.29, 1.82) is 0 Å². The van der Waals surface area contributed by atoms with E-state index in [0.29, 0.717) is 31.5 Å². The van der Waals surface area contributed by atoms with Crippen LogP contribution in [0.3, 0.4) is 0 Å². The second kappa shape index (κ2) is 8.22. The Morgan fingerprint density at radius 1 is 1.21 bits per heavy atom. The minimum atomic E-state index is 0.261. The van der Waals surface area contributed by atoms with E-state index in [4.69, 9.17) is 9.47 Å². The summed E-state index contributed by atoms with van der Waals surface area (Å²) in [5.74, 6) is 0.901. The van der Waals surface area contributed by atoms with Crippen LogP contribution in [0.4, 0.5) is 0 Å². The predicted molar refractivity (Wildman–Crippen MR) is 77.5 cm³/mol. The van der Waals surface area contributed by atoms with E-state index in [1.807, 2.05) is 0 Å². The zero-order chi connectivity index (χ0) is 13.5. The summed E-state index contributed by atoms with van der Waals surface area (Å²) in [5, 5.41) is 0.978. The van der Waals surface area contributed by atoms with Crippen molar-refractivity contribution >= 4 is 21.8 Å². The molecule has 0 aromatic carbocycles. The zero-order valence-electron chi connectivity index (χ0n) is 11.5. The fourth-order valence-corrected chi connectivity index (χ4v) is 3.24. The lowest BCUT2D eigenvalue weighted by molar-refractivity contribution is -0.140. The summed E-state index contributed by atoms with van der Waals surface area (Å²) < 4.78 is 11.0. The van der Waals surface area contributed by atoms with Crippen LogP contribution in [0.1, 0.15) is 32.1 Å². The standard InChI is InChI=1S/C14H24BrNO3/c15-5-2-1-3-14(17)16-6-8-19-11-13(16)9-12-4-7-18-10-12/h12-13H,1-11H2. The molecule has 4 nitrogen and oxygen atoms in total. The van der Waals surface area contributed by atoms with Crippen LogP contribution in [0.2, 0.25) is 0 Å². The molecule has 0 aliphatic carbocycles. The van der Waals surface area contributed by atoms with Gasteiger partial charge in [-0.3, -0.25) is 4.79 Å². The van der Waals surface area contributed by atoms with Gasteiger partial charge in [-0.15, -0.1) is 0 Å². The maximum atomic E-state index is 12.3. The summed E-state index contributed by atoms with van der Waals surface area (Å²) in [4.78, 5) is 14.3. The first-order valence-corrected chi connectivity index (χ1v) is 8.44. The second-order valence-electron chi connectivity index (χ2n) is 5.43. The van der Waals surface area contributed by atoms with Gasteiger partial charge in [-0.1, -0.05) is 15.9 Å². The Labute approximate surface area is 123 Å². The average Bonchev–Trinajstić information content (AvgIpc) is 2.92. The molecule has 0 saturated carbocycles. The quantitative estimate of drug-likeness (QED) is 0.552. The Hall–Kier alpha value is -0.130. The van der Waals surface area contributed by atoms with Crippen molar-refractivity contribution in [1.82, 2.24) is 4.90 Å². The smallest absolute Gasteiger partial charge is 0.222 e. The first-order valence-electron chi connectivity index (χ1n) is 7.32. The Kier molecular flexibility index (Phi) is 6.61. The molecule has 2 rings (SSSR count). The lowest BCUT2D eigenvalue weighted by Crippen LogP contribution is -2.49. The van der Waals surface area contributed by atoms with Gasteiger partial charge in [0.2, 0.25) is 5.91 Å². The number of halogens is 1. The molecular formula is C14H24BrNO3. The number of nitrogens with zero attached hydrogens (tertiary/aromatic N) is 1. The number of alkyl halides is 1. The van der Waals surface area contributed by atoms with Crippen LogP contribution >= 0.6 is 15.9 Å². The molecule has 2 aliphatic rings. The van der Waals surface area contributed by atoms with Gasteiger partial charge in [0.15, 0.2) is 0 Å². The Bertz CT molecular complexity index is 282. The van der Waals surface area contributed by atoms with E-state index in [2.05, 4.69) is 20.8 Å². The number of unbranched alkanes of at least 4 members (excludes halogenated alkanes) is 1. The number of hydrogen-bond acceptors (Lipinski definition) is 3. The third-order valence-electron chi connectivity index (χ3n) is 3.95. The van der Waals surface area contributed by atoms with Crippen molar-refractivity contribution in [2.45, 2.75) is 38.1 Å². The molecule has 0 spiro atoms. The van der Waals surface area contributed by atoms with Gasteiger partial charge in [0.25, 0.3) is 0 Å². The third-order valence-corrected chi connectivity index (χ3v) is 4.51. The molecule has 0 aromatic rings. The molecule has 2 fully saturated rings. The van der Waals surface area contributed by atoms with Crippen LogP contribution in [0.25, 0.3) is 0 Å². The van der Waals surface area contributed by atoms with Gasteiger partial charge in [0.05, 0.1) is 19.3 Å². The minimum Gasteiger partial charge on any atom is -0.381 e. The summed E-state index contributed by atoms with van der Waals surface area (Å²) in [6.45, 7) is 3.85. The summed E-state index contributed by atoms with van der Waals surface area (Å²) in [7, 11) is 0. The molecule has 110 valence electrons. The SMILES string of the molecule is O=C(CCCCBr)N1CCOCC1CC1CCOC1. The van der Waals surface area contributed by atoms with E-state index in [1.165, 1.54) is 0 Å². The van der Waals surface area contributed by atoms with E-state index >= 15 is 0 Å². The first-order chi connectivity index (χ1) is 9.31. The Morgan fingerprint density at radius 2 is 2.05 bits per heavy atom. The van der Waals surface area contributed by atoms with Crippen LogP contribution < -0.4 is 0 Å². The van der Waals surface area contributed by atoms with Gasteiger partial charge in [-0.05, 0) is 31.6 Å². The molecule has 5 heteroatoms. The highest BCUT2D eigenvalue weighted by Crippen LogP contribution is 2.23. The van der Waals surface area contributed by atoms with Gasteiger partial charge in [0.1, 0.15) is 0 Å². The molecule has 19 heavy (non-hydrogen) atoms. The van der Waals surface area contributed by atoms with Crippen LogP contribution in [0.15, 0.2) is 0 Å². The van der Waals surface area contributed by atoms with Crippen molar-refractivity contribution in [3.8, 4) is 0 Å². The molecule has 2 unspecified atom stereocenters. The van der Waals surface area contributed by atoms with Crippen LogP contribution in [-0.2, 0) is 14.3 Å². The third kappa shape index (κ3) is 4.72. The summed E-state index contributed by atoms with van der Waals surface area (Å²) in [5.41, 5.74) is 0. The van der Waals surface area contributed by atoms with Gasteiger partial charge < -0.3 is 14.4 Å². The first kappa shape index (κ1) is 15.3. The van der Waals surface area contributed by atoms with Gasteiger partial charge in [-0.2, -0.15) is 0 Å². The van der Waals surface area contributed by atoms with Crippen molar-refractivity contribution < 1.29 is 14.3 Å². The topological polar surface area (TPSA) is 38.8 Å². The lowest BCUT2D eigenvalue weighted by atomic mass is 9.97. The highest BCUT2D eigenvalue weighted by Gasteiger charge is 2.30. The van der Waals surface area contributed by atoms with Gasteiger partial charge in [0, 0.05) is 31.5 Å². The monoisotopic (exact) mass is 333 g/mol. The van der Waals surface area contributed by atoms with E-state index in [9.17, 15) is 4.79 Å². The fraction of sp³-hybridized carbons (Fsp3) is 0.929. The number of rotatable bonds is 6. The maximum Gasteiger partial charge on any atom is 0.222 e. The van der Waals surface area contributed by atoms with Crippen molar-refractivity contribution in [2.24, 2.45) is 5.92 Å². The summed E-state index contributed by atoms with van der Waals surface area (Å²) >= 11 is 3.41. The number of hydrogen-bond donors (Lipinski definition) is 0. The predicted octanol–water partition coefficient (Wildman–Crippen LogP) is 2.21. The van der Waals surface area contributed by atoms with E-state index in [-0.39, 0.29) is 6.04 Å². The van der Waals surface area contributed by atoms with Gasteiger partial charge >= 0.3 is 0 Å². The van der Waals surface area contributed by atoms with Crippen molar-refractivity contribution in [2.75, 3.05) is 38.3 Å². The van der Waals surface area contributed by atoms with Crippen molar-refractivity contribution in [3.63, 3.8) is 0 Å². The second-order valence-corrected chi connectivity index (χ2v) is 6.22. The fourth-order valence-electron chi connectivity index (χ4n) is 2.85. The molecule has 0 bridgehead atoms. The zero-order valence-corrected chi connectivity index (χ0v) is 13.1. The van der Waals surface area contributed by atoms with Crippen molar-refractivity contribution in [3.05, 3.63) is 0 Å². The molecule has 2 saturated heterocycles. The molecule has 2 aliphatic heterocycles. The molecule has 2 heterocycles. The average molecular weight is 334 g/mol. The van der Waals surface area contributed by atoms with Gasteiger partial charge in [-0.25, -0.2) is 0 Å². The number of carbonyl (C=O) groups excluding carboxylic acids is 1. The number of ether oxygens (including phenoxy) is 2. The summed E-state index contributed by atoms with van der Waals surface area (Å²) in [6.07, 6.45) is 4.87. The van der Waals surface area contributed by atoms with E-state index < -0.39 is 0 Å². The van der Waals surface area contributed by atoms with E-state index in [1.54, 1.807) is 0 Å². The molecule has 2 atom stereocenters. The van der Waals surface area contributed by atoms with Crippen LogP contribution in [0, 0.1) is 5.92 Å². The maximum absolute atomic E-state index is 12.3.